The molecule has 0 radical (unpaired) electrons. The molecule has 0 spiro atoms. The van der Waals surface area contributed by atoms with Crippen molar-refractivity contribution in [2.24, 2.45) is 0 Å². The van der Waals surface area contributed by atoms with Crippen LogP contribution in [0.5, 0.6) is 0 Å². The smallest absolute Gasteiger partial charge is 0.304 e. The Bertz CT molecular complexity index is 444. The maximum Gasteiger partial charge on any atom is 0.304 e. The Morgan fingerprint density at radius 3 is 3.11 bits per heavy atom. The summed E-state index contributed by atoms with van der Waals surface area (Å²) >= 11 is 3.15. The molecule has 1 aliphatic heterocycles. The third-order valence-corrected chi connectivity index (χ3v) is 4.81. The number of carboxylic acids is 1. The summed E-state index contributed by atoms with van der Waals surface area (Å²) in [5.74, 6) is 0.184. The average molecular weight is 285 g/mol. The van der Waals surface area contributed by atoms with Gasteiger partial charge in [-0.05, 0) is 23.4 Å². The molecule has 0 bridgehead atoms. The molecule has 1 aromatic heterocycles. The quantitative estimate of drug-likeness (QED) is 0.839. The fraction of sp³-hybridized carbons (Fsp3) is 0.500. The molecule has 0 saturated carbocycles. The molecule has 0 fully saturated rings. The molecule has 98 valence electrons. The zero-order chi connectivity index (χ0) is 13.0. The van der Waals surface area contributed by atoms with Gasteiger partial charge in [0.05, 0.1) is 12.2 Å². The second-order valence-corrected chi connectivity index (χ2v) is 6.24. The van der Waals surface area contributed by atoms with E-state index in [1.54, 1.807) is 11.3 Å². The molecule has 1 amide bonds. The standard InChI is InChI=1S/C12H15NO3S2/c14-11(8-17-5-3-12(15)16)13-4-1-10-9(7-13)2-6-18-10/h2,6H,1,3-5,7-8H2,(H,15,16). The third-order valence-electron chi connectivity index (χ3n) is 2.85. The largest absolute Gasteiger partial charge is 0.481 e. The summed E-state index contributed by atoms with van der Waals surface area (Å²) in [6.45, 7) is 1.49. The lowest BCUT2D eigenvalue weighted by Gasteiger charge is -2.26. The van der Waals surface area contributed by atoms with Gasteiger partial charge >= 0.3 is 5.97 Å². The number of nitrogens with zero attached hydrogens (tertiary/aromatic N) is 1. The Hall–Kier alpha value is -1.01. The van der Waals surface area contributed by atoms with Crippen LogP contribution in [0.25, 0.3) is 0 Å². The highest BCUT2D eigenvalue weighted by atomic mass is 32.2. The molecule has 0 aliphatic carbocycles. The van der Waals surface area contributed by atoms with E-state index in [0.29, 0.717) is 18.1 Å². The molecule has 1 aromatic rings. The van der Waals surface area contributed by atoms with E-state index < -0.39 is 5.97 Å². The highest BCUT2D eigenvalue weighted by Crippen LogP contribution is 2.24. The van der Waals surface area contributed by atoms with Gasteiger partial charge in [-0.3, -0.25) is 9.59 Å². The summed E-state index contributed by atoms with van der Waals surface area (Å²) in [6, 6.07) is 2.08. The zero-order valence-electron chi connectivity index (χ0n) is 9.92. The van der Waals surface area contributed by atoms with Gasteiger partial charge in [0, 0.05) is 23.7 Å². The van der Waals surface area contributed by atoms with Crippen LogP contribution < -0.4 is 0 Å². The monoisotopic (exact) mass is 285 g/mol. The van der Waals surface area contributed by atoms with E-state index in [1.165, 1.54) is 22.2 Å². The molecule has 2 rings (SSSR count). The minimum absolute atomic E-state index is 0.113. The zero-order valence-corrected chi connectivity index (χ0v) is 11.6. The Balaban J connectivity index is 1.75. The lowest BCUT2D eigenvalue weighted by atomic mass is 10.1. The predicted molar refractivity (Wildman–Crippen MR) is 73.0 cm³/mol. The highest BCUT2D eigenvalue weighted by molar-refractivity contribution is 7.99. The minimum atomic E-state index is -0.809. The lowest BCUT2D eigenvalue weighted by molar-refractivity contribution is -0.136. The van der Waals surface area contributed by atoms with Crippen molar-refractivity contribution >= 4 is 35.0 Å². The van der Waals surface area contributed by atoms with Gasteiger partial charge in [-0.1, -0.05) is 0 Å². The summed E-state index contributed by atoms with van der Waals surface area (Å²) < 4.78 is 0. The summed E-state index contributed by atoms with van der Waals surface area (Å²) in [6.07, 6.45) is 1.06. The normalized spacial score (nSPS) is 14.3. The van der Waals surface area contributed by atoms with E-state index >= 15 is 0 Å². The van der Waals surface area contributed by atoms with Crippen molar-refractivity contribution in [3.63, 3.8) is 0 Å². The van der Waals surface area contributed by atoms with Crippen LogP contribution in [-0.2, 0) is 22.6 Å². The van der Waals surface area contributed by atoms with Crippen LogP contribution in [0, 0.1) is 0 Å². The fourth-order valence-electron chi connectivity index (χ4n) is 1.87. The Morgan fingerprint density at radius 1 is 1.50 bits per heavy atom. The molecule has 0 unspecified atom stereocenters. The number of amides is 1. The van der Waals surface area contributed by atoms with E-state index in [-0.39, 0.29) is 12.3 Å². The third kappa shape index (κ3) is 3.49. The van der Waals surface area contributed by atoms with Gasteiger partial charge in [0.2, 0.25) is 5.91 Å². The maximum atomic E-state index is 11.9. The molecular formula is C12H15NO3S2. The average Bonchev–Trinajstić information content (AvgIpc) is 2.81. The van der Waals surface area contributed by atoms with Crippen LogP contribution in [0.1, 0.15) is 16.9 Å². The van der Waals surface area contributed by atoms with Crippen molar-refractivity contribution < 1.29 is 14.7 Å². The molecular weight excluding hydrogens is 270 g/mol. The van der Waals surface area contributed by atoms with Crippen LogP contribution >= 0.6 is 23.1 Å². The number of carbonyl (C=O) groups is 2. The molecule has 0 aromatic carbocycles. The first-order valence-electron chi connectivity index (χ1n) is 5.79. The van der Waals surface area contributed by atoms with Crippen molar-refractivity contribution in [2.75, 3.05) is 18.1 Å². The second kappa shape index (κ2) is 6.24. The number of rotatable bonds is 5. The maximum absolute atomic E-state index is 11.9. The summed E-state index contributed by atoms with van der Waals surface area (Å²) in [7, 11) is 0. The van der Waals surface area contributed by atoms with Crippen molar-refractivity contribution in [3.05, 3.63) is 21.9 Å². The number of hydrogen-bond acceptors (Lipinski definition) is 4. The molecule has 2 heterocycles. The molecule has 1 N–H and O–H groups in total. The number of fused-ring (bicyclic) bond motifs is 1. The number of aliphatic carboxylic acids is 1. The number of carboxylic acid groups (broad SMARTS) is 1. The van der Waals surface area contributed by atoms with Crippen molar-refractivity contribution in [1.29, 1.82) is 0 Å². The van der Waals surface area contributed by atoms with E-state index in [4.69, 9.17) is 5.11 Å². The summed E-state index contributed by atoms with van der Waals surface area (Å²) in [5, 5.41) is 10.6. The van der Waals surface area contributed by atoms with E-state index in [2.05, 4.69) is 11.4 Å². The van der Waals surface area contributed by atoms with Gasteiger partial charge < -0.3 is 10.0 Å². The SMILES string of the molecule is O=C(O)CCSCC(=O)N1CCc2sccc2C1. The van der Waals surface area contributed by atoms with Gasteiger partial charge in [0.1, 0.15) is 0 Å². The molecule has 18 heavy (non-hydrogen) atoms. The fourth-order valence-corrected chi connectivity index (χ4v) is 3.58. The van der Waals surface area contributed by atoms with Gasteiger partial charge in [0.15, 0.2) is 0 Å². The van der Waals surface area contributed by atoms with E-state index in [1.807, 2.05) is 4.90 Å². The lowest BCUT2D eigenvalue weighted by Crippen LogP contribution is -2.36. The van der Waals surface area contributed by atoms with E-state index in [9.17, 15) is 9.59 Å². The van der Waals surface area contributed by atoms with Crippen molar-refractivity contribution in [1.82, 2.24) is 4.90 Å². The van der Waals surface area contributed by atoms with Crippen LogP contribution in [0.4, 0.5) is 0 Å². The highest BCUT2D eigenvalue weighted by Gasteiger charge is 2.21. The number of thioether (sulfide) groups is 1. The Morgan fingerprint density at radius 2 is 2.33 bits per heavy atom. The summed E-state index contributed by atoms with van der Waals surface area (Å²) in [4.78, 5) is 25.5. The van der Waals surface area contributed by atoms with Crippen molar-refractivity contribution in [2.45, 2.75) is 19.4 Å². The number of carbonyl (C=O) groups excluding carboxylic acids is 1. The molecule has 1 aliphatic rings. The molecule has 4 nitrogen and oxygen atoms in total. The van der Waals surface area contributed by atoms with E-state index in [0.717, 1.165) is 13.0 Å². The Labute approximate surface area is 114 Å². The first-order valence-corrected chi connectivity index (χ1v) is 7.83. The molecule has 6 heteroatoms. The van der Waals surface area contributed by atoms with Crippen molar-refractivity contribution in [3.8, 4) is 0 Å². The van der Waals surface area contributed by atoms with Crippen LogP contribution in [0.15, 0.2) is 11.4 Å². The van der Waals surface area contributed by atoms with Crippen LogP contribution in [-0.4, -0.2) is 39.9 Å². The summed E-state index contributed by atoms with van der Waals surface area (Å²) in [5.41, 5.74) is 1.26. The number of thiophene rings is 1. The minimum Gasteiger partial charge on any atom is -0.481 e. The van der Waals surface area contributed by atoms with Gasteiger partial charge in [-0.15, -0.1) is 11.3 Å². The predicted octanol–water partition coefficient (Wildman–Crippen LogP) is 1.84. The first kappa shape index (κ1) is 13.4. The van der Waals surface area contributed by atoms with Crippen LogP contribution in [0.3, 0.4) is 0 Å². The molecule has 0 saturated heterocycles. The second-order valence-electron chi connectivity index (χ2n) is 4.13. The van der Waals surface area contributed by atoms with Crippen LogP contribution in [0.2, 0.25) is 0 Å². The van der Waals surface area contributed by atoms with Gasteiger partial charge in [-0.25, -0.2) is 0 Å². The topological polar surface area (TPSA) is 57.6 Å². The van der Waals surface area contributed by atoms with Gasteiger partial charge in [0.25, 0.3) is 0 Å². The molecule has 0 atom stereocenters. The Kier molecular flexibility index (Phi) is 4.66. The van der Waals surface area contributed by atoms with Gasteiger partial charge in [-0.2, -0.15) is 11.8 Å². The number of hydrogen-bond donors (Lipinski definition) is 1. The first-order chi connectivity index (χ1) is 8.66.